The van der Waals surface area contributed by atoms with E-state index in [2.05, 4.69) is 40.7 Å². The van der Waals surface area contributed by atoms with Gasteiger partial charge in [-0.05, 0) is 54.9 Å². The van der Waals surface area contributed by atoms with E-state index < -0.39 is 0 Å². The van der Waals surface area contributed by atoms with Crippen LogP contribution < -0.4 is 4.74 Å². The van der Waals surface area contributed by atoms with Crippen molar-refractivity contribution in [2.75, 3.05) is 7.11 Å². The number of benzene rings is 2. The molecule has 0 aliphatic rings. The maximum Gasteiger partial charge on any atom is 0.178 e. The fourth-order valence-electron chi connectivity index (χ4n) is 2.63. The van der Waals surface area contributed by atoms with Crippen LogP contribution in [0.3, 0.4) is 0 Å². The van der Waals surface area contributed by atoms with Gasteiger partial charge in [-0.1, -0.05) is 24.3 Å². The molecular formula is C17H18N2OS. The Morgan fingerprint density at radius 3 is 2.81 bits per heavy atom. The zero-order chi connectivity index (χ0) is 14.8. The molecule has 0 fully saturated rings. The van der Waals surface area contributed by atoms with Crippen LogP contribution in [0, 0.1) is 11.7 Å². The molecule has 0 amide bonds. The Hall–Kier alpha value is -2.07. The van der Waals surface area contributed by atoms with Crippen molar-refractivity contribution in [3.05, 3.63) is 58.4 Å². The molecular weight excluding hydrogens is 280 g/mol. The molecule has 4 heteroatoms. The zero-order valence-corrected chi connectivity index (χ0v) is 13.0. The quantitative estimate of drug-likeness (QED) is 0.729. The molecule has 0 atom stereocenters. The zero-order valence-electron chi connectivity index (χ0n) is 12.2. The molecule has 0 saturated carbocycles. The molecule has 1 heterocycles. The van der Waals surface area contributed by atoms with Crippen LogP contribution in [0.2, 0.25) is 0 Å². The van der Waals surface area contributed by atoms with E-state index in [1.54, 1.807) is 7.11 Å². The van der Waals surface area contributed by atoms with Gasteiger partial charge in [0.2, 0.25) is 0 Å². The SMILES string of the molecule is COc1ccccc1CCn1c(=S)[nH]c2ccc(C)cc21. The van der Waals surface area contributed by atoms with Crippen LogP contribution >= 0.6 is 12.2 Å². The number of nitrogens with zero attached hydrogens (tertiary/aromatic N) is 1. The van der Waals surface area contributed by atoms with Crippen LogP contribution in [0.1, 0.15) is 11.1 Å². The fourth-order valence-corrected chi connectivity index (χ4v) is 2.93. The van der Waals surface area contributed by atoms with E-state index in [0.717, 1.165) is 34.5 Å². The second-order valence-electron chi connectivity index (χ2n) is 5.16. The summed E-state index contributed by atoms with van der Waals surface area (Å²) in [5, 5.41) is 0. The lowest BCUT2D eigenvalue weighted by Gasteiger charge is -2.09. The van der Waals surface area contributed by atoms with E-state index in [-0.39, 0.29) is 0 Å². The molecule has 1 N–H and O–H groups in total. The van der Waals surface area contributed by atoms with Crippen molar-refractivity contribution in [1.29, 1.82) is 0 Å². The number of para-hydroxylation sites is 1. The van der Waals surface area contributed by atoms with Gasteiger partial charge in [-0.2, -0.15) is 0 Å². The third-order valence-electron chi connectivity index (χ3n) is 3.73. The van der Waals surface area contributed by atoms with E-state index in [1.165, 1.54) is 11.1 Å². The molecule has 0 spiro atoms. The van der Waals surface area contributed by atoms with E-state index in [9.17, 15) is 0 Å². The number of aryl methyl sites for hydroxylation is 3. The Morgan fingerprint density at radius 1 is 1.19 bits per heavy atom. The third kappa shape index (κ3) is 2.72. The van der Waals surface area contributed by atoms with Gasteiger partial charge in [-0.25, -0.2) is 0 Å². The first-order chi connectivity index (χ1) is 10.2. The van der Waals surface area contributed by atoms with E-state index in [0.29, 0.717) is 0 Å². The van der Waals surface area contributed by atoms with Gasteiger partial charge in [-0.3, -0.25) is 0 Å². The van der Waals surface area contributed by atoms with Crippen molar-refractivity contribution >= 4 is 23.3 Å². The highest BCUT2D eigenvalue weighted by Gasteiger charge is 2.07. The lowest BCUT2D eigenvalue weighted by molar-refractivity contribution is 0.408. The van der Waals surface area contributed by atoms with E-state index in [4.69, 9.17) is 17.0 Å². The van der Waals surface area contributed by atoms with Crippen molar-refractivity contribution < 1.29 is 4.74 Å². The molecule has 3 aromatic rings. The summed E-state index contributed by atoms with van der Waals surface area (Å²) in [6, 6.07) is 14.5. The Labute approximate surface area is 129 Å². The maximum absolute atomic E-state index is 5.45. The number of ether oxygens (including phenoxy) is 1. The second-order valence-corrected chi connectivity index (χ2v) is 5.55. The Balaban J connectivity index is 1.93. The van der Waals surface area contributed by atoms with Gasteiger partial charge >= 0.3 is 0 Å². The minimum absolute atomic E-state index is 0.769. The van der Waals surface area contributed by atoms with Gasteiger partial charge in [0, 0.05) is 6.54 Å². The summed E-state index contributed by atoms with van der Waals surface area (Å²) in [5.74, 6) is 0.931. The Bertz CT molecular complexity index is 832. The van der Waals surface area contributed by atoms with E-state index in [1.807, 2.05) is 18.2 Å². The average Bonchev–Trinajstić information content (AvgIpc) is 2.80. The number of aromatic amines is 1. The number of rotatable bonds is 4. The first kappa shape index (κ1) is 13.9. The molecule has 0 saturated heterocycles. The standard InChI is InChI=1S/C17H18N2OS/c1-12-7-8-14-15(11-12)19(17(21)18-14)10-9-13-5-3-4-6-16(13)20-2/h3-8,11H,9-10H2,1-2H3,(H,18,21). The predicted molar refractivity (Wildman–Crippen MR) is 88.6 cm³/mol. The van der Waals surface area contributed by atoms with E-state index >= 15 is 0 Å². The summed E-state index contributed by atoms with van der Waals surface area (Å²) in [6.07, 6.45) is 0.888. The number of H-pyrrole nitrogens is 1. The molecule has 0 aliphatic carbocycles. The highest BCUT2D eigenvalue weighted by molar-refractivity contribution is 7.71. The molecule has 2 aromatic carbocycles. The topological polar surface area (TPSA) is 29.9 Å². The number of nitrogens with one attached hydrogen (secondary N) is 1. The second kappa shape index (κ2) is 5.74. The Morgan fingerprint density at radius 2 is 2.00 bits per heavy atom. The van der Waals surface area contributed by atoms with Gasteiger partial charge in [0.25, 0.3) is 0 Å². The normalized spacial score (nSPS) is 11.0. The monoisotopic (exact) mass is 298 g/mol. The summed E-state index contributed by atoms with van der Waals surface area (Å²) in [5.41, 5.74) is 4.69. The smallest absolute Gasteiger partial charge is 0.178 e. The van der Waals surface area contributed by atoms with Gasteiger partial charge < -0.3 is 14.3 Å². The van der Waals surface area contributed by atoms with Gasteiger partial charge in [0.15, 0.2) is 4.77 Å². The molecule has 0 aliphatic heterocycles. The van der Waals surface area contributed by atoms with Crippen LogP contribution in [0.25, 0.3) is 11.0 Å². The van der Waals surface area contributed by atoms with Crippen molar-refractivity contribution in [3.63, 3.8) is 0 Å². The number of aromatic nitrogens is 2. The molecule has 3 nitrogen and oxygen atoms in total. The number of hydrogen-bond donors (Lipinski definition) is 1. The van der Waals surface area contributed by atoms with Crippen molar-refractivity contribution in [3.8, 4) is 5.75 Å². The highest BCUT2D eigenvalue weighted by Crippen LogP contribution is 2.20. The number of methoxy groups -OCH3 is 1. The van der Waals surface area contributed by atoms with Crippen LogP contribution in [0.15, 0.2) is 42.5 Å². The number of hydrogen-bond acceptors (Lipinski definition) is 2. The van der Waals surface area contributed by atoms with Crippen LogP contribution in [-0.4, -0.2) is 16.7 Å². The van der Waals surface area contributed by atoms with Crippen LogP contribution in [0.4, 0.5) is 0 Å². The summed E-state index contributed by atoms with van der Waals surface area (Å²) in [6.45, 7) is 2.93. The molecule has 1 aromatic heterocycles. The fraction of sp³-hybridized carbons (Fsp3) is 0.235. The first-order valence-corrected chi connectivity index (χ1v) is 7.41. The minimum Gasteiger partial charge on any atom is -0.496 e. The molecule has 0 unspecified atom stereocenters. The number of imidazole rings is 1. The molecule has 0 bridgehead atoms. The average molecular weight is 298 g/mol. The van der Waals surface area contributed by atoms with Gasteiger partial charge in [0.05, 0.1) is 18.1 Å². The highest BCUT2D eigenvalue weighted by atomic mass is 32.1. The minimum atomic E-state index is 0.769. The largest absolute Gasteiger partial charge is 0.496 e. The molecule has 3 rings (SSSR count). The molecule has 21 heavy (non-hydrogen) atoms. The third-order valence-corrected chi connectivity index (χ3v) is 4.05. The number of fused-ring (bicyclic) bond motifs is 1. The maximum atomic E-state index is 5.45. The van der Waals surface area contributed by atoms with Gasteiger partial charge in [-0.15, -0.1) is 0 Å². The Kier molecular flexibility index (Phi) is 3.80. The lowest BCUT2D eigenvalue weighted by Crippen LogP contribution is -2.02. The molecule has 0 radical (unpaired) electrons. The van der Waals surface area contributed by atoms with Crippen molar-refractivity contribution in [1.82, 2.24) is 9.55 Å². The van der Waals surface area contributed by atoms with Crippen molar-refractivity contribution in [2.24, 2.45) is 0 Å². The first-order valence-electron chi connectivity index (χ1n) is 7.00. The van der Waals surface area contributed by atoms with Crippen molar-refractivity contribution in [2.45, 2.75) is 19.9 Å². The van der Waals surface area contributed by atoms with Crippen LogP contribution in [-0.2, 0) is 13.0 Å². The molecule has 108 valence electrons. The summed E-state index contributed by atoms with van der Waals surface area (Å²) >= 11 is 5.45. The summed E-state index contributed by atoms with van der Waals surface area (Å²) in [7, 11) is 1.71. The summed E-state index contributed by atoms with van der Waals surface area (Å²) in [4.78, 5) is 3.27. The van der Waals surface area contributed by atoms with Crippen LogP contribution in [0.5, 0.6) is 5.75 Å². The van der Waals surface area contributed by atoms with Gasteiger partial charge in [0.1, 0.15) is 5.75 Å². The lowest BCUT2D eigenvalue weighted by atomic mass is 10.1. The summed E-state index contributed by atoms with van der Waals surface area (Å²) < 4.78 is 8.33. The predicted octanol–water partition coefficient (Wildman–Crippen LogP) is 4.26.